The average Bonchev–Trinajstić information content (AvgIpc) is 3.30. The van der Waals surface area contributed by atoms with Crippen LogP contribution in [-0.4, -0.2) is 58.2 Å². The molecule has 7 heteroatoms. The summed E-state index contributed by atoms with van der Waals surface area (Å²) in [7, 11) is 0. The topological polar surface area (TPSA) is 95.0 Å². The molecule has 0 radical (unpaired) electrons. The van der Waals surface area contributed by atoms with E-state index >= 15 is 0 Å². The van der Waals surface area contributed by atoms with Gasteiger partial charge >= 0.3 is 5.97 Å². The van der Waals surface area contributed by atoms with Crippen LogP contribution >= 0.6 is 0 Å². The standard InChI is InChI=1S/C19H20N2O5/c1-10-2-5-12-13(6-10)18(24)21(17(12)23)9-16(22)20-7-14(11-3-4-11)15(8-20)19(25)26/h2,5-6,11,14-15H,3-4,7-9H2,1H3,(H,25,26)/t14-,15+/m1/s1. The Kier molecular flexibility index (Phi) is 3.82. The Balaban J connectivity index is 1.48. The number of hydrogen-bond donors (Lipinski definition) is 1. The smallest absolute Gasteiger partial charge is 0.308 e. The van der Waals surface area contributed by atoms with E-state index in [1.165, 1.54) is 4.90 Å². The third kappa shape index (κ3) is 2.67. The summed E-state index contributed by atoms with van der Waals surface area (Å²) in [5.74, 6) is -2.39. The number of likely N-dealkylation sites (tertiary alicyclic amines) is 1. The van der Waals surface area contributed by atoms with Gasteiger partial charge < -0.3 is 10.0 Å². The lowest BCUT2D eigenvalue weighted by atomic mass is 9.92. The number of aryl methyl sites for hydroxylation is 1. The summed E-state index contributed by atoms with van der Waals surface area (Å²) in [6, 6.07) is 5.02. The van der Waals surface area contributed by atoms with Gasteiger partial charge in [-0.3, -0.25) is 24.1 Å². The molecule has 1 saturated carbocycles. The first kappa shape index (κ1) is 16.8. The normalized spacial score (nSPS) is 25.0. The molecule has 26 heavy (non-hydrogen) atoms. The molecule has 0 spiro atoms. The number of carboxylic acids is 1. The number of benzene rings is 1. The van der Waals surface area contributed by atoms with Crippen molar-refractivity contribution in [3.63, 3.8) is 0 Å². The zero-order chi connectivity index (χ0) is 18.6. The predicted molar refractivity (Wildman–Crippen MR) is 90.5 cm³/mol. The highest BCUT2D eigenvalue weighted by Gasteiger charge is 2.47. The summed E-state index contributed by atoms with van der Waals surface area (Å²) in [6.07, 6.45) is 2.02. The van der Waals surface area contributed by atoms with Gasteiger partial charge in [0.05, 0.1) is 17.0 Å². The molecule has 4 rings (SSSR count). The molecular formula is C19H20N2O5. The SMILES string of the molecule is Cc1ccc2c(c1)C(=O)N(CC(=O)N1C[C@H](C(=O)O)[C@@H](C3CC3)C1)C2=O. The van der Waals surface area contributed by atoms with E-state index in [1.54, 1.807) is 18.2 Å². The van der Waals surface area contributed by atoms with E-state index in [4.69, 9.17) is 0 Å². The molecule has 1 aliphatic carbocycles. The molecule has 7 nitrogen and oxygen atoms in total. The van der Waals surface area contributed by atoms with Crippen molar-refractivity contribution in [2.45, 2.75) is 19.8 Å². The molecule has 1 saturated heterocycles. The highest BCUT2D eigenvalue weighted by molar-refractivity contribution is 6.22. The van der Waals surface area contributed by atoms with Crippen molar-refractivity contribution in [3.05, 3.63) is 34.9 Å². The van der Waals surface area contributed by atoms with E-state index < -0.39 is 23.7 Å². The number of hydrogen-bond acceptors (Lipinski definition) is 4. The summed E-state index contributed by atoms with van der Waals surface area (Å²) in [5.41, 5.74) is 1.51. The van der Waals surface area contributed by atoms with E-state index in [1.807, 2.05) is 6.92 Å². The van der Waals surface area contributed by atoms with Crippen molar-refractivity contribution in [1.82, 2.24) is 9.80 Å². The first-order valence-electron chi connectivity index (χ1n) is 8.84. The van der Waals surface area contributed by atoms with Crippen LogP contribution in [0.3, 0.4) is 0 Å². The fourth-order valence-electron chi connectivity index (χ4n) is 4.08. The molecule has 2 atom stereocenters. The Morgan fingerprint density at radius 2 is 1.81 bits per heavy atom. The molecule has 1 N–H and O–H groups in total. The lowest BCUT2D eigenvalue weighted by Crippen LogP contribution is -2.42. The quantitative estimate of drug-likeness (QED) is 0.817. The minimum Gasteiger partial charge on any atom is -0.481 e. The van der Waals surface area contributed by atoms with Crippen LogP contribution in [0.5, 0.6) is 0 Å². The van der Waals surface area contributed by atoms with E-state index in [9.17, 15) is 24.3 Å². The Morgan fingerprint density at radius 3 is 2.46 bits per heavy atom. The van der Waals surface area contributed by atoms with Gasteiger partial charge in [0.1, 0.15) is 6.54 Å². The summed E-state index contributed by atoms with van der Waals surface area (Å²) >= 11 is 0. The molecule has 3 aliphatic rings. The number of imide groups is 1. The summed E-state index contributed by atoms with van der Waals surface area (Å²) in [4.78, 5) is 51.6. The summed E-state index contributed by atoms with van der Waals surface area (Å²) in [5, 5.41) is 9.42. The molecular weight excluding hydrogens is 336 g/mol. The van der Waals surface area contributed by atoms with Crippen LogP contribution in [0.15, 0.2) is 18.2 Å². The number of fused-ring (bicyclic) bond motifs is 1. The molecule has 2 heterocycles. The van der Waals surface area contributed by atoms with E-state index in [2.05, 4.69) is 0 Å². The maximum Gasteiger partial charge on any atom is 0.308 e. The molecule has 0 unspecified atom stereocenters. The first-order chi connectivity index (χ1) is 12.4. The van der Waals surface area contributed by atoms with Crippen LogP contribution in [0.1, 0.15) is 39.1 Å². The second-order valence-electron chi connectivity index (χ2n) is 7.49. The first-order valence-corrected chi connectivity index (χ1v) is 8.84. The maximum atomic E-state index is 12.7. The lowest BCUT2D eigenvalue weighted by Gasteiger charge is -2.20. The predicted octanol–water partition coefficient (Wildman–Crippen LogP) is 1.16. The Labute approximate surface area is 150 Å². The molecule has 3 amide bonds. The van der Waals surface area contributed by atoms with Gasteiger partial charge in [0.2, 0.25) is 5.91 Å². The fraction of sp³-hybridized carbons (Fsp3) is 0.474. The van der Waals surface area contributed by atoms with Crippen LogP contribution in [0.25, 0.3) is 0 Å². The van der Waals surface area contributed by atoms with Gasteiger partial charge in [-0.1, -0.05) is 11.6 Å². The second-order valence-corrected chi connectivity index (χ2v) is 7.49. The molecule has 136 valence electrons. The zero-order valence-corrected chi connectivity index (χ0v) is 14.5. The Bertz CT molecular complexity index is 829. The number of amides is 3. The Morgan fingerprint density at radius 1 is 1.12 bits per heavy atom. The molecule has 1 aromatic carbocycles. The van der Waals surface area contributed by atoms with Gasteiger partial charge in [0.15, 0.2) is 0 Å². The number of nitrogens with zero attached hydrogens (tertiary/aromatic N) is 2. The number of rotatable bonds is 4. The number of carbonyl (C=O) groups is 4. The molecule has 2 aliphatic heterocycles. The largest absolute Gasteiger partial charge is 0.481 e. The number of carbonyl (C=O) groups excluding carboxylic acids is 3. The van der Waals surface area contributed by atoms with Gasteiger partial charge in [-0.15, -0.1) is 0 Å². The maximum absolute atomic E-state index is 12.7. The lowest BCUT2D eigenvalue weighted by molar-refractivity contribution is -0.142. The minimum atomic E-state index is -0.881. The van der Waals surface area contributed by atoms with Crippen LogP contribution in [0.2, 0.25) is 0 Å². The van der Waals surface area contributed by atoms with E-state index in [0.717, 1.165) is 23.3 Å². The van der Waals surface area contributed by atoms with Crippen LogP contribution in [0, 0.1) is 24.7 Å². The minimum absolute atomic E-state index is 0.0266. The third-order valence-electron chi connectivity index (χ3n) is 5.68. The summed E-state index contributed by atoms with van der Waals surface area (Å²) in [6.45, 7) is 2.04. The Hall–Kier alpha value is -2.70. The van der Waals surface area contributed by atoms with E-state index in [-0.39, 0.29) is 24.9 Å². The van der Waals surface area contributed by atoms with Gasteiger partial charge in [-0.2, -0.15) is 0 Å². The van der Waals surface area contributed by atoms with Gasteiger partial charge in [0.25, 0.3) is 11.8 Å². The highest BCUT2D eigenvalue weighted by Crippen LogP contribution is 2.44. The van der Waals surface area contributed by atoms with E-state index in [0.29, 0.717) is 23.6 Å². The monoisotopic (exact) mass is 356 g/mol. The molecule has 0 aromatic heterocycles. The fourth-order valence-corrected chi connectivity index (χ4v) is 4.08. The third-order valence-corrected chi connectivity index (χ3v) is 5.68. The molecule has 1 aromatic rings. The van der Waals surface area contributed by atoms with Crippen molar-refractivity contribution in [3.8, 4) is 0 Å². The molecule has 0 bridgehead atoms. The average molecular weight is 356 g/mol. The van der Waals surface area contributed by atoms with Gasteiger partial charge in [-0.05, 0) is 43.7 Å². The molecule has 2 fully saturated rings. The van der Waals surface area contributed by atoms with Crippen molar-refractivity contribution in [1.29, 1.82) is 0 Å². The summed E-state index contributed by atoms with van der Waals surface area (Å²) < 4.78 is 0. The van der Waals surface area contributed by atoms with Crippen LogP contribution in [0.4, 0.5) is 0 Å². The van der Waals surface area contributed by atoms with Crippen LogP contribution < -0.4 is 0 Å². The van der Waals surface area contributed by atoms with Crippen molar-refractivity contribution >= 4 is 23.7 Å². The van der Waals surface area contributed by atoms with Crippen molar-refractivity contribution in [2.75, 3.05) is 19.6 Å². The van der Waals surface area contributed by atoms with Gasteiger partial charge in [0, 0.05) is 13.1 Å². The number of carboxylic acid groups (broad SMARTS) is 1. The zero-order valence-electron chi connectivity index (χ0n) is 14.5. The number of aliphatic carboxylic acids is 1. The van der Waals surface area contributed by atoms with Crippen LogP contribution in [-0.2, 0) is 9.59 Å². The second kappa shape index (κ2) is 5.93. The van der Waals surface area contributed by atoms with Crippen molar-refractivity contribution in [2.24, 2.45) is 17.8 Å². The van der Waals surface area contributed by atoms with Crippen molar-refractivity contribution < 1.29 is 24.3 Å². The highest BCUT2D eigenvalue weighted by atomic mass is 16.4. The van der Waals surface area contributed by atoms with Gasteiger partial charge in [-0.25, -0.2) is 0 Å².